The van der Waals surface area contributed by atoms with Crippen LogP contribution in [0.5, 0.6) is 0 Å². The zero-order valence-corrected chi connectivity index (χ0v) is 6.88. The summed E-state index contributed by atoms with van der Waals surface area (Å²) in [6.45, 7) is 0.549. The molecule has 0 fully saturated rings. The van der Waals surface area contributed by atoms with Crippen molar-refractivity contribution in [3.63, 3.8) is 0 Å². The number of nitrogens with one attached hydrogen (secondary N) is 2. The van der Waals surface area contributed by atoms with Gasteiger partial charge in [0.1, 0.15) is 25.0 Å². The fraction of sp³-hybridized carbons (Fsp3) is 0.200. The number of rotatable bonds is 2. The SMILES string of the molecule is S=c1nc(Cn2cncn2)[nH][nH]1. The third kappa shape index (κ3) is 1.40. The summed E-state index contributed by atoms with van der Waals surface area (Å²) in [6.07, 6.45) is 3.09. The van der Waals surface area contributed by atoms with Gasteiger partial charge >= 0.3 is 0 Å². The van der Waals surface area contributed by atoms with Crippen LogP contribution in [0.2, 0.25) is 0 Å². The maximum atomic E-state index is 4.79. The molecule has 2 heterocycles. The molecule has 0 aliphatic carbocycles. The third-order valence-electron chi connectivity index (χ3n) is 1.33. The summed E-state index contributed by atoms with van der Waals surface area (Å²) < 4.78 is 2.10. The monoisotopic (exact) mass is 182 g/mol. The topological polar surface area (TPSA) is 75.2 Å². The van der Waals surface area contributed by atoms with E-state index >= 15 is 0 Å². The second-order valence-corrected chi connectivity index (χ2v) is 2.59. The fourth-order valence-corrected chi connectivity index (χ4v) is 1.01. The molecule has 62 valence electrons. The molecular formula is C5H6N6S. The average Bonchev–Trinajstić information content (AvgIpc) is 2.63. The first-order valence-corrected chi connectivity index (χ1v) is 3.71. The van der Waals surface area contributed by atoms with Crippen molar-refractivity contribution in [2.45, 2.75) is 6.54 Å². The van der Waals surface area contributed by atoms with E-state index in [1.165, 1.54) is 6.33 Å². The number of H-pyrrole nitrogens is 2. The summed E-state index contributed by atoms with van der Waals surface area (Å²) in [5.74, 6) is 0.741. The smallest absolute Gasteiger partial charge is 0.213 e. The standard InChI is InChI=1S/C5H6N6S/c12-5-8-4(9-10-5)1-11-3-6-2-7-11/h2-3H,1H2,(H2,8,9,10,12). The van der Waals surface area contributed by atoms with E-state index in [0.29, 0.717) is 11.3 Å². The molecule has 0 radical (unpaired) electrons. The van der Waals surface area contributed by atoms with E-state index < -0.39 is 0 Å². The first kappa shape index (κ1) is 7.17. The van der Waals surface area contributed by atoms with Crippen LogP contribution in [-0.2, 0) is 6.54 Å². The Bertz CT molecular complexity index is 398. The van der Waals surface area contributed by atoms with Gasteiger partial charge in [0.25, 0.3) is 0 Å². The Hall–Kier alpha value is -1.50. The Balaban J connectivity index is 2.19. The third-order valence-corrected chi connectivity index (χ3v) is 1.52. The van der Waals surface area contributed by atoms with Crippen molar-refractivity contribution in [3.05, 3.63) is 23.3 Å². The van der Waals surface area contributed by atoms with Crippen LogP contribution in [0, 0.1) is 4.77 Å². The minimum atomic E-state index is 0.449. The number of aromatic amines is 2. The maximum Gasteiger partial charge on any atom is 0.213 e. The second kappa shape index (κ2) is 2.86. The van der Waals surface area contributed by atoms with Gasteiger partial charge in [-0.15, -0.1) is 0 Å². The fourth-order valence-electron chi connectivity index (χ4n) is 0.847. The molecule has 12 heavy (non-hydrogen) atoms. The van der Waals surface area contributed by atoms with Gasteiger partial charge in [-0.25, -0.2) is 14.6 Å². The molecular weight excluding hydrogens is 176 g/mol. The van der Waals surface area contributed by atoms with Crippen LogP contribution in [0.4, 0.5) is 0 Å². The van der Waals surface area contributed by atoms with Crippen LogP contribution in [0.3, 0.4) is 0 Å². The van der Waals surface area contributed by atoms with Gasteiger partial charge in [0.05, 0.1) is 0 Å². The highest BCUT2D eigenvalue weighted by Crippen LogP contribution is 1.90. The van der Waals surface area contributed by atoms with Gasteiger partial charge in [0, 0.05) is 0 Å². The van der Waals surface area contributed by atoms with Crippen molar-refractivity contribution < 1.29 is 0 Å². The highest BCUT2D eigenvalue weighted by atomic mass is 32.1. The lowest BCUT2D eigenvalue weighted by Gasteiger charge is -1.93. The zero-order chi connectivity index (χ0) is 8.39. The van der Waals surface area contributed by atoms with Gasteiger partial charge in [0.15, 0.2) is 0 Å². The Kier molecular flexibility index (Phi) is 1.71. The van der Waals surface area contributed by atoms with E-state index in [4.69, 9.17) is 12.2 Å². The lowest BCUT2D eigenvalue weighted by molar-refractivity contribution is 0.655. The quantitative estimate of drug-likeness (QED) is 0.646. The minimum Gasteiger partial charge on any atom is -0.284 e. The molecule has 0 aromatic carbocycles. The molecule has 2 N–H and O–H groups in total. The molecule has 0 atom stereocenters. The molecule has 0 unspecified atom stereocenters. The van der Waals surface area contributed by atoms with E-state index in [0.717, 1.165) is 5.82 Å². The average molecular weight is 182 g/mol. The number of aromatic nitrogens is 6. The highest BCUT2D eigenvalue weighted by molar-refractivity contribution is 7.71. The van der Waals surface area contributed by atoms with Crippen LogP contribution in [-0.4, -0.2) is 29.9 Å². The Labute approximate surface area is 72.7 Å². The molecule has 7 heteroatoms. The number of nitrogens with zero attached hydrogens (tertiary/aromatic N) is 4. The molecule has 6 nitrogen and oxygen atoms in total. The van der Waals surface area contributed by atoms with Crippen LogP contribution in [0.15, 0.2) is 12.7 Å². The van der Waals surface area contributed by atoms with Gasteiger partial charge in [0.2, 0.25) is 4.77 Å². The Morgan fingerprint density at radius 3 is 3.00 bits per heavy atom. The van der Waals surface area contributed by atoms with E-state index in [1.807, 2.05) is 0 Å². The summed E-state index contributed by atoms with van der Waals surface area (Å²) >= 11 is 4.79. The molecule has 0 aliphatic heterocycles. The molecule has 2 rings (SSSR count). The summed E-state index contributed by atoms with van der Waals surface area (Å²) in [5, 5.41) is 9.43. The largest absolute Gasteiger partial charge is 0.284 e. The molecule has 0 aliphatic rings. The van der Waals surface area contributed by atoms with Crippen LogP contribution in [0.1, 0.15) is 5.82 Å². The summed E-state index contributed by atoms with van der Waals surface area (Å²) in [6, 6.07) is 0. The van der Waals surface area contributed by atoms with E-state index in [-0.39, 0.29) is 0 Å². The minimum absolute atomic E-state index is 0.449. The zero-order valence-electron chi connectivity index (χ0n) is 6.06. The summed E-state index contributed by atoms with van der Waals surface area (Å²) in [7, 11) is 0. The highest BCUT2D eigenvalue weighted by Gasteiger charge is 1.97. The van der Waals surface area contributed by atoms with Gasteiger partial charge in [-0.3, -0.25) is 10.2 Å². The molecule has 0 bridgehead atoms. The van der Waals surface area contributed by atoms with Gasteiger partial charge in [-0.05, 0) is 12.2 Å². The Morgan fingerprint density at radius 2 is 2.42 bits per heavy atom. The van der Waals surface area contributed by atoms with Crippen molar-refractivity contribution in [2.24, 2.45) is 0 Å². The van der Waals surface area contributed by atoms with Crippen molar-refractivity contribution in [1.82, 2.24) is 29.9 Å². The first-order chi connectivity index (χ1) is 5.84. The predicted octanol–water partition coefficient (Wildman–Crippen LogP) is 0.107. The van der Waals surface area contributed by atoms with Crippen molar-refractivity contribution in [3.8, 4) is 0 Å². The summed E-state index contributed by atoms with van der Waals surface area (Å²) in [5.41, 5.74) is 0. The first-order valence-electron chi connectivity index (χ1n) is 3.30. The van der Waals surface area contributed by atoms with Crippen LogP contribution in [0.25, 0.3) is 0 Å². The molecule has 2 aromatic heterocycles. The van der Waals surface area contributed by atoms with Crippen molar-refractivity contribution >= 4 is 12.2 Å². The van der Waals surface area contributed by atoms with Crippen molar-refractivity contribution in [2.75, 3.05) is 0 Å². The van der Waals surface area contributed by atoms with Crippen LogP contribution < -0.4 is 0 Å². The predicted molar refractivity (Wildman–Crippen MR) is 42.9 cm³/mol. The molecule has 0 spiro atoms. The van der Waals surface area contributed by atoms with E-state index in [2.05, 4.69) is 25.3 Å². The molecule has 0 saturated carbocycles. The molecule has 2 aromatic rings. The van der Waals surface area contributed by atoms with Crippen LogP contribution >= 0.6 is 12.2 Å². The number of hydrogen-bond donors (Lipinski definition) is 2. The lowest BCUT2D eigenvalue weighted by Crippen LogP contribution is -2.01. The Morgan fingerprint density at radius 1 is 1.50 bits per heavy atom. The van der Waals surface area contributed by atoms with Crippen molar-refractivity contribution in [1.29, 1.82) is 0 Å². The molecule has 0 amide bonds. The van der Waals surface area contributed by atoms with Gasteiger partial charge in [-0.2, -0.15) is 5.10 Å². The molecule has 0 saturated heterocycles. The van der Waals surface area contributed by atoms with Gasteiger partial charge in [-0.1, -0.05) is 0 Å². The normalized spacial score (nSPS) is 10.3. The summed E-state index contributed by atoms with van der Waals surface area (Å²) in [4.78, 5) is 7.80. The number of hydrogen-bond acceptors (Lipinski definition) is 4. The van der Waals surface area contributed by atoms with Gasteiger partial charge < -0.3 is 0 Å². The van der Waals surface area contributed by atoms with E-state index in [9.17, 15) is 0 Å². The maximum absolute atomic E-state index is 4.79. The van der Waals surface area contributed by atoms with E-state index in [1.54, 1.807) is 11.0 Å². The lowest BCUT2D eigenvalue weighted by atomic mass is 10.6. The second-order valence-electron chi connectivity index (χ2n) is 2.21.